The van der Waals surface area contributed by atoms with Crippen LogP contribution < -0.4 is 0 Å². The summed E-state index contributed by atoms with van der Waals surface area (Å²) in [6.45, 7) is 5.79. The first-order valence-corrected chi connectivity index (χ1v) is 29.9. The van der Waals surface area contributed by atoms with Crippen molar-refractivity contribution in [1.82, 2.24) is 0 Å². The molecule has 430 valence electrons. The monoisotopic (exact) mass is 1050 g/mol. The number of unbranched alkanes of at least 4 members (excludes halogenated alkanes) is 24. The van der Waals surface area contributed by atoms with Gasteiger partial charge < -0.3 is 39.0 Å². The number of hydrogen-bond acceptors (Lipinski definition) is 11. The quantitative estimate of drug-likeness (QED) is 0.0228. The number of carbonyl (C=O) groups is 4. The first-order chi connectivity index (χ1) is 36.6. The zero-order valence-corrected chi connectivity index (χ0v) is 47.3. The zero-order valence-electron chi connectivity index (χ0n) is 47.3. The fraction of sp³-hybridized carbons (Fsp3) is 0.746. The Hall–Kier alpha value is -3.84. The molecule has 0 aliphatic carbocycles. The molecule has 0 aromatic carbocycles. The highest BCUT2D eigenvalue weighted by Crippen LogP contribution is 2.26. The molecule has 0 radical (unpaired) electrons. The average Bonchev–Trinajstić information content (AvgIpc) is 3.39. The van der Waals surface area contributed by atoms with Crippen LogP contribution in [0.1, 0.15) is 252 Å². The van der Waals surface area contributed by atoms with Crippen LogP contribution in [-0.4, -0.2) is 89.2 Å². The van der Waals surface area contributed by atoms with Gasteiger partial charge in [-0.05, 0) is 103 Å². The predicted octanol–water partition coefficient (Wildman–Crippen LogP) is 15.3. The van der Waals surface area contributed by atoms with Gasteiger partial charge in [-0.15, -0.1) is 0 Å². The summed E-state index contributed by atoms with van der Waals surface area (Å²) in [6.07, 6.45) is 51.5. The lowest BCUT2D eigenvalue weighted by atomic mass is 9.98. The van der Waals surface area contributed by atoms with Crippen molar-refractivity contribution < 1.29 is 58.2 Å². The highest BCUT2D eigenvalue weighted by Gasteiger charge is 2.50. The lowest BCUT2D eigenvalue weighted by Gasteiger charge is -2.40. The number of ether oxygens (including phenoxy) is 5. The van der Waals surface area contributed by atoms with E-state index in [1.165, 1.54) is 64.2 Å². The van der Waals surface area contributed by atoms with Gasteiger partial charge in [0.15, 0.2) is 24.6 Å². The van der Waals surface area contributed by atoms with Crippen LogP contribution >= 0.6 is 0 Å². The molecule has 1 aliphatic rings. The van der Waals surface area contributed by atoms with Gasteiger partial charge in [-0.2, -0.15) is 0 Å². The van der Waals surface area contributed by atoms with Crippen LogP contribution in [0.5, 0.6) is 0 Å². The summed E-state index contributed by atoms with van der Waals surface area (Å²) >= 11 is 0. The van der Waals surface area contributed by atoms with Gasteiger partial charge in [0.2, 0.25) is 0 Å². The molecule has 1 rings (SSSR count). The Morgan fingerprint density at radius 2 is 0.867 bits per heavy atom. The Kier molecular flexibility index (Phi) is 47.0. The smallest absolute Gasteiger partial charge is 0.335 e. The van der Waals surface area contributed by atoms with E-state index in [2.05, 4.69) is 93.7 Å². The van der Waals surface area contributed by atoms with Gasteiger partial charge in [0.25, 0.3) is 0 Å². The van der Waals surface area contributed by atoms with Crippen LogP contribution in [0.3, 0.4) is 0 Å². The van der Waals surface area contributed by atoms with Crippen molar-refractivity contribution in [1.29, 1.82) is 0 Å². The third-order valence-corrected chi connectivity index (χ3v) is 13.2. The van der Waals surface area contributed by atoms with Crippen molar-refractivity contribution in [3.8, 4) is 0 Å². The van der Waals surface area contributed by atoms with E-state index in [-0.39, 0.29) is 25.9 Å². The van der Waals surface area contributed by atoms with E-state index in [4.69, 9.17) is 23.7 Å². The molecule has 3 N–H and O–H groups in total. The summed E-state index contributed by atoms with van der Waals surface area (Å²) in [5.41, 5.74) is 0. The normalized spacial score (nSPS) is 18.7. The molecule has 12 heteroatoms. The predicted molar refractivity (Wildman–Crippen MR) is 303 cm³/mol. The minimum absolute atomic E-state index is 0.0373. The fourth-order valence-corrected chi connectivity index (χ4v) is 8.65. The number of carboxylic acid groups (broad SMARTS) is 1. The van der Waals surface area contributed by atoms with Crippen molar-refractivity contribution >= 4 is 23.9 Å². The summed E-state index contributed by atoms with van der Waals surface area (Å²) in [7, 11) is 0. The molecule has 12 nitrogen and oxygen atoms in total. The number of allylic oxidation sites excluding steroid dienone is 12. The standard InChI is InChI=1S/C63H106O12/c1-4-7-10-13-16-19-22-25-27-28-30-32-34-37-40-43-46-49-55(64)71-52-54(73-56(65)50-47-44-41-38-35-31-24-21-18-15-12-9-6-3)53-72-63-61(59(68)58(67)60(75-63)62(69)70)74-57(66)51-48-45-42-39-36-33-29-26-23-20-17-14-11-8-5-2/h8,11-12,15,17,20-21,24-27,29,54,58-61,63,67-68H,4-7,9-10,13-14,16,18-19,22-23,28,30-53H2,1-3H3,(H,69,70)/b11-8-,15-12-,20-17-,24-21-,27-25-,29-26-. The number of aliphatic hydroxyl groups excluding tert-OH is 2. The van der Waals surface area contributed by atoms with Crippen LogP contribution in [0.2, 0.25) is 0 Å². The van der Waals surface area contributed by atoms with Gasteiger partial charge in [0.05, 0.1) is 6.61 Å². The van der Waals surface area contributed by atoms with Gasteiger partial charge in [0.1, 0.15) is 18.8 Å². The molecular formula is C63H106O12. The maximum atomic E-state index is 13.1. The van der Waals surface area contributed by atoms with E-state index in [0.717, 1.165) is 128 Å². The molecule has 0 bridgehead atoms. The molecule has 0 amide bonds. The van der Waals surface area contributed by atoms with Crippen LogP contribution in [-0.2, 0) is 42.9 Å². The van der Waals surface area contributed by atoms with E-state index < -0.39 is 67.3 Å². The van der Waals surface area contributed by atoms with E-state index in [0.29, 0.717) is 19.3 Å². The van der Waals surface area contributed by atoms with Crippen LogP contribution in [0.15, 0.2) is 72.9 Å². The summed E-state index contributed by atoms with van der Waals surface area (Å²) in [5, 5.41) is 31.5. The molecule has 1 aliphatic heterocycles. The molecule has 1 heterocycles. The number of esters is 3. The molecule has 0 aromatic rings. The number of aliphatic carboxylic acids is 1. The number of carbonyl (C=O) groups excluding carboxylic acids is 3. The third kappa shape index (κ3) is 41.0. The highest BCUT2D eigenvalue weighted by molar-refractivity contribution is 5.74. The Balaban J connectivity index is 2.70. The minimum atomic E-state index is -1.91. The van der Waals surface area contributed by atoms with Gasteiger partial charge in [-0.1, -0.05) is 203 Å². The van der Waals surface area contributed by atoms with E-state index in [1.807, 2.05) is 0 Å². The van der Waals surface area contributed by atoms with E-state index in [9.17, 15) is 34.5 Å². The molecule has 75 heavy (non-hydrogen) atoms. The maximum absolute atomic E-state index is 13.1. The molecule has 0 aromatic heterocycles. The van der Waals surface area contributed by atoms with E-state index >= 15 is 0 Å². The fourth-order valence-electron chi connectivity index (χ4n) is 8.65. The first kappa shape index (κ1) is 69.2. The summed E-state index contributed by atoms with van der Waals surface area (Å²) in [6, 6.07) is 0. The maximum Gasteiger partial charge on any atom is 0.335 e. The van der Waals surface area contributed by atoms with Crippen molar-refractivity contribution in [2.75, 3.05) is 13.2 Å². The average molecular weight is 1060 g/mol. The molecule has 0 spiro atoms. The molecule has 6 unspecified atom stereocenters. The van der Waals surface area contributed by atoms with Crippen molar-refractivity contribution in [3.63, 3.8) is 0 Å². The lowest BCUT2D eigenvalue weighted by Crippen LogP contribution is -2.61. The van der Waals surface area contributed by atoms with Gasteiger partial charge in [-0.3, -0.25) is 14.4 Å². The topological polar surface area (TPSA) is 175 Å². The number of carboxylic acids is 1. The molecule has 1 fully saturated rings. The van der Waals surface area contributed by atoms with Gasteiger partial charge >= 0.3 is 23.9 Å². The van der Waals surface area contributed by atoms with Crippen LogP contribution in [0.25, 0.3) is 0 Å². The second-order valence-electron chi connectivity index (χ2n) is 20.2. The van der Waals surface area contributed by atoms with Gasteiger partial charge in [0, 0.05) is 19.3 Å². The highest BCUT2D eigenvalue weighted by atomic mass is 16.7. The Morgan fingerprint density at radius 1 is 0.453 bits per heavy atom. The first-order valence-electron chi connectivity index (χ1n) is 29.9. The van der Waals surface area contributed by atoms with Crippen molar-refractivity contribution in [2.24, 2.45) is 0 Å². The molecule has 1 saturated heterocycles. The number of rotatable bonds is 50. The Bertz CT molecular complexity index is 1580. The van der Waals surface area contributed by atoms with E-state index in [1.54, 1.807) is 0 Å². The summed E-state index contributed by atoms with van der Waals surface area (Å²) < 4.78 is 28.4. The van der Waals surface area contributed by atoms with Crippen LogP contribution in [0, 0.1) is 0 Å². The molecular weight excluding hydrogens is 949 g/mol. The molecule has 6 atom stereocenters. The van der Waals surface area contributed by atoms with Crippen molar-refractivity contribution in [2.45, 2.75) is 289 Å². The zero-order chi connectivity index (χ0) is 54.7. The number of aliphatic hydroxyl groups is 2. The Labute approximate surface area is 455 Å². The third-order valence-electron chi connectivity index (χ3n) is 13.2. The van der Waals surface area contributed by atoms with Gasteiger partial charge in [-0.25, -0.2) is 4.79 Å². The second-order valence-corrected chi connectivity index (χ2v) is 20.2. The molecule has 0 saturated carbocycles. The summed E-state index contributed by atoms with van der Waals surface area (Å²) in [4.78, 5) is 51.1. The largest absolute Gasteiger partial charge is 0.479 e. The minimum Gasteiger partial charge on any atom is -0.479 e. The second kappa shape index (κ2) is 50.9. The number of hydrogen-bond donors (Lipinski definition) is 3. The Morgan fingerprint density at radius 3 is 1.35 bits per heavy atom. The van der Waals surface area contributed by atoms with Crippen LogP contribution in [0.4, 0.5) is 0 Å². The SMILES string of the molecule is CC/C=C\C/C=C\C/C=C\CCCCCCCC(=O)OC1C(OCC(COC(=O)CCCCCCCCC/C=C\CCCCCCCC)OC(=O)CCCCCCC/C=C\C/C=C\CCC)OC(C(=O)O)C(O)C1O. The van der Waals surface area contributed by atoms with Crippen molar-refractivity contribution in [3.05, 3.63) is 72.9 Å². The lowest BCUT2D eigenvalue weighted by molar-refractivity contribution is -0.301. The summed E-state index contributed by atoms with van der Waals surface area (Å²) in [5.74, 6) is -3.16.